The van der Waals surface area contributed by atoms with Crippen molar-refractivity contribution in [3.63, 3.8) is 0 Å². The van der Waals surface area contributed by atoms with E-state index < -0.39 is 0 Å². The zero-order valence-corrected chi connectivity index (χ0v) is 15.6. The third-order valence-electron chi connectivity index (χ3n) is 7.71. The second kappa shape index (κ2) is 6.70. The molecule has 2 aliphatic heterocycles. The molecular weight excluding hydrogens is 314 g/mol. The lowest BCUT2D eigenvalue weighted by Crippen LogP contribution is -2.48. The van der Waals surface area contributed by atoms with Crippen LogP contribution < -0.4 is 0 Å². The topological polar surface area (TPSA) is 49.8 Å². The van der Waals surface area contributed by atoms with Crippen LogP contribution in [0.1, 0.15) is 58.3 Å². The smallest absolute Gasteiger partial charge is 0.310 e. The molecule has 140 valence electrons. The van der Waals surface area contributed by atoms with Gasteiger partial charge in [0, 0.05) is 18.5 Å². The van der Waals surface area contributed by atoms with Gasteiger partial charge >= 0.3 is 5.97 Å². The second-order valence-corrected chi connectivity index (χ2v) is 9.23. The maximum absolute atomic E-state index is 12.7. The van der Waals surface area contributed by atoms with E-state index in [-0.39, 0.29) is 36.1 Å². The summed E-state index contributed by atoms with van der Waals surface area (Å²) < 4.78 is 5.88. The van der Waals surface area contributed by atoms with E-state index in [1.165, 1.54) is 31.3 Å². The Kier molecular flexibility index (Phi) is 4.70. The molecule has 2 saturated heterocycles. The number of carbonyl (C=O) groups excluding carboxylic acids is 1. The van der Waals surface area contributed by atoms with Gasteiger partial charge in [0.05, 0.1) is 12.5 Å². The first-order valence-electron chi connectivity index (χ1n) is 10.2. The molecule has 0 bridgehead atoms. The number of esters is 1. The van der Waals surface area contributed by atoms with Crippen LogP contribution >= 0.6 is 0 Å². The van der Waals surface area contributed by atoms with Gasteiger partial charge in [-0.3, -0.25) is 9.69 Å². The van der Waals surface area contributed by atoms with Gasteiger partial charge in [-0.15, -0.1) is 0 Å². The van der Waals surface area contributed by atoms with Crippen molar-refractivity contribution >= 4 is 5.97 Å². The lowest BCUT2D eigenvalue weighted by molar-refractivity contribution is -0.146. The molecule has 4 fully saturated rings. The van der Waals surface area contributed by atoms with Gasteiger partial charge in [-0.05, 0) is 62.8 Å². The van der Waals surface area contributed by atoms with Crippen LogP contribution in [0.3, 0.4) is 0 Å². The van der Waals surface area contributed by atoms with Gasteiger partial charge in [-0.25, -0.2) is 0 Å². The Hall–Kier alpha value is -0.870. The first-order chi connectivity index (χ1) is 12.0. The summed E-state index contributed by atoms with van der Waals surface area (Å²) in [5, 5.41) is 9.69. The number of rotatable bonds is 3. The van der Waals surface area contributed by atoms with Gasteiger partial charge in [0.2, 0.25) is 0 Å². The predicted octanol–water partition coefficient (Wildman–Crippen LogP) is 3.15. The molecule has 0 aromatic carbocycles. The molecule has 0 spiro atoms. The Labute approximate surface area is 151 Å². The summed E-state index contributed by atoms with van der Waals surface area (Å²) in [6.07, 6.45) is 9.18. The third kappa shape index (κ3) is 3.06. The molecular formula is C21H33NO3. The van der Waals surface area contributed by atoms with Crippen molar-refractivity contribution in [3.05, 3.63) is 12.2 Å². The molecule has 25 heavy (non-hydrogen) atoms. The van der Waals surface area contributed by atoms with Crippen molar-refractivity contribution in [1.82, 2.24) is 4.90 Å². The number of aliphatic hydroxyl groups is 1. The van der Waals surface area contributed by atoms with Crippen molar-refractivity contribution in [2.75, 3.05) is 19.7 Å². The Balaban J connectivity index is 1.51. The van der Waals surface area contributed by atoms with Crippen molar-refractivity contribution < 1.29 is 14.6 Å². The maximum Gasteiger partial charge on any atom is 0.310 e. The molecule has 0 aromatic heterocycles. The number of ether oxygens (including phenoxy) is 1. The Morgan fingerprint density at radius 3 is 3.00 bits per heavy atom. The summed E-state index contributed by atoms with van der Waals surface area (Å²) in [5.41, 5.74) is 1.67. The van der Waals surface area contributed by atoms with Crippen LogP contribution in [-0.2, 0) is 9.53 Å². The van der Waals surface area contributed by atoms with Gasteiger partial charge in [-0.1, -0.05) is 25.5 Å². The minimum atomic E-state index is -0.0172. The van der Waals surface area contributed by atoms with Crippen molar-refractivity contribution in [1.29, 1.82) is 0 Å². The van der Waals surface area contributed by atoms with E-state index in [2.05, 4.69) is 18.4 Å². The highest BCUT2D eigenvalue weighted by Crippen LogP contribution is 2.57. The van der Waals surface area contributed by atoms with E-state index in [1.807, 2.05) is 0 Å². The molecule has 2 saturated carbocycles. The summed E-state index contributed by atoms with van der Waals surface area (Å²) in [5.74, 6) is 0.873. The van der Waals surface area contributed by atoms with Gasteiger partial charge < -0.3 is 9.84 Å². The SMILES string of the molecule is C=C1CCC[C@]2(C)C[C@H]3OC(=O)[C@@H](CN4CCCC[C@@H]4CO)[C@H]3C[C@@H]12. The monoisotopic (exact) mass is 347 g/mol. The van der Waals surface area contributed by atoms with E-state index in [0.717, 1.165) is 38.8 Å². The standard InChI is InChI=1S/C21H33NO3/c1-14-6-5-8-21(2)11-19-16(10-18(14)21)17(20(24)25-19)12-22-9-4-3-7-15(22)13-23/h15-19,23H,1,3-13H2,2H3/t15-,16-,17+,18+,19-,21-/m1/s1. The van der Waals surface area contributed by atoms with Crippen molar-refractivity contribution in [3.8, 4) is 0 Å². The lowest BCUT2D eigenvalue weighted by Gasteiger charge is -2.50. The van der Waals surface area contributed by atoms with Crippen LogP contribution in [0.2, 0.25) is 0 Å². The molecule has 4 nitrogen and oxygen atoms in total. The van der Waals surface area contributed by atoms with Crippen LogP contribution in [0.4, 0.5) is 0 Å². The largest absolute Gasteiger partial charge is 0.462 e. The van der Waals surface area contributed by atoms with E-state index in [4.69, 9.17) is 4.74 Å². The molecule has 0 radical (unpaired) electrons. The third-order valence-corrected chi connectivity index (χ3v) is 7.71. The van der Waals surface area contributed by atoms with Crippen LogP contribution in [0, 0.1) is 23.2 Å². The molecule has 0 aromatic rings. The highest BCUT2D eigenvalue weighted by molar-refractivity contribution is 5.75. The molecule has 0 amide bonds. The Morgan fingerprint density at radius 2 is 2.20 bits per heavy atom. The molecule has 4 heteroatoms. The first kappa shape index (κ1) is 17.5. The van der Waals surface area contributed by atoms with E-state index in [1.54, 1.807) is 0 Å². The Morgan fingerprint density at radius 1 is 1.36 bits per heavy atom. The maximum atomic E-state index is 12.7. The Bertz CT molecular complexity index is 547. The zero-order chi connectivity index (χ0) is 17.6. The average Bonchev–Trinajstić information content (AvgIpc) is 2.88. The number of allylic oxidation sites excluding steroid dienone is 1. The molecule has 6 atom stereocenters. The number of piperidine rings is 1. The van der Waals surface area contributed by atoms with Gasteiger partial charge in [0.25, 0.3) is 0 Å². The molecule has 4 rings (SSSR count). The number of hydrogen-bond acceptors (Lipinski definition) is 4. The van der Waals surface area contributed by atoms with Gasteiger partial charge in [-0.2, -0.15) is 0 Å². The fourth-order valence-electron chi connectivity index (χ4n) is 6.22. The summed E-state index contributed by atoms with van der Waals surface area (Å²) in [4.78, 5) is 15.0. The van der Waals surface area contributed by atoms with Crippen LogP contribution in [0.5, 0.6) is 0 Å². The van der Waals surface area contributed by atoms with E-state index >= 15 is 0 Å². The van der Waals surface area contributed by atoms with E-state index in [9.17, 15) is 9.90 Å². The lowest BCUT2D eigenvalue weighted by atomic mass is 9.55. The normalized spacial score (nSPS) is 45.0. The molecule has 2 heterocycles. The highest BCUT2D eigenvalue weighted by Gasteiger charge is 2.55. The first-order valence-corrected chi connectivity index (χ1v) is 10.2. The minimum Gasteiger partial charge on any atom is -0.462 e. The van der Waals surface area contributed by atoms with Gasteiger partial charge in [0.15, 0.2) is 0 Å². The zero-order valence-electron chi connectivity index (χ0n) is 15.6. The number of fused-ring (bicyclic) bond motifs is 2. The second-order valence-electron chi connectivity index (χ2n) is 9.23. The fourth-order valence-corrected chi connectivity index (χ4v) is 6.22. The quantitative estimate of drug-likeness (QED) is 0.629. The highest BCUT2D eigenvalue weighted by atomic mass is 16.6. The number of hydrogen-bond donors (Lipinski definition) is 1. The minimum absolute atomic E-state index is 0.00474. The summed E-state index contributed by atoms with van der Waals surface area (Å²) in [6, 6.07) is 0.221. The number of likely N-dealkylation sites (tertiary alicyclic amines) is 1. The van der Waals surface area contributed by atoms with Crippen LogP contribution in [0.25, 0.3) is 0 Å². The molecule has 0 unspecified atom stereocenters. The molecule has 4 aliphatic rings. The van der Waals surface area contributed by atoms with Crippen LogP contribution in [0.15, 0.2) is 12.2 Å². The van der Waals surface area contributed by atoms with Crippen molar-refractivity contribution in [2.45, 2.75) is 70.4 Å². The number of nitrogens with zero attached hydrogens (tertiary/aromatic N) is 1. The summed E-state index contributed by atoms with van der Waals surface area (Å²) >= 11 is 0. The van der Waals surface area contributed by atoms with Crippen molar-refractivity contribution in [2.24, 2.45) is 23.2 Å². The molecule has 2 aliphatic carbocycles. The van der Waals surface area contributed by atoms with Gasteiger partial charge in [0.1, 0.15) is 6.10 Å². The number of carbonyl (C=O) groups is 1. The number of aliphatic hydroxyl groups excluding tert-OH is 1. The summed E-state index contributed by atoms with van der Waals surface area (Å²) in [6.45, 7) is 8.72. The average molecular weight is 347 g/mol. The fraction of sp³-hybridized carbons (Fsp3) is 0.857. The van der Waals surface area contributed by atoms with E-state index in [0.29, 0.717) is 11.8 Å². The van der Waals surface area contributed by atoms with Crippen LogP contribution in [-0.4, -0.2) is 47.8 Å². The molecule has 1 N–H and O–H groups in total. The summed E-state index contributed by atoms with van der Waals surface area (Å²) in [7, 11) is 0. The predicted molar refractivity (Wildman–Crippen MR) is 97.0 cm³/mol.